The summed E-state index contributed by atoms with van der Waals surface area (Å²) in [6, 6.07) is 19.1. The summed E-state index contributed by atoms with van der Waals surface area (Å²) in [4.78, 5) is 9.70. The third kappa shape index (κ3) is 4.30. The third-order valence-corrected chi connectivity index (χ3v) is 8.31. The zero-order chi connectivity index (χ0) is 24.6. The van der Waals surface area contributed by atoms with E-state index in [0.717, 1.165) is 65.5 Å². The molecule has 0 bridgehead atoms. The van der Waals surface area contributed by atoms with Crippen LogP contribution in [0.15, 0.2) is 60.8 Å². The molecule has 36 heavy (non-hydrogen) atoms. The van der Waals surface area contributed by atoms with Crippen molar-refractivity contribution >= 4 is 28.3 Å². The first kappa shape index (κ1) is 23.5. The predicted molar refractivity (Wildman–Crippen MR) is 149 cm³/mol. The van der Waals surface area contributed by atoms with Gasteiger partial charge in [-0.2, -0.15) is 0 Å². The molecule has 1 saturated carbocycles. The standard InChI is InChI=1S/C30H33ClN4O/c1-33-15-17-34(18-16-33)25-11-9-24(10-12-25)29-27(23-7-5-22(20-36)6-8-23)28-26(31)13-14-32-30(28)35(29)19-21-3-2-4-21/h5-14,21,36H,2-4,15-20H2,1H3. The van der Waals surface area contributed by atoms with Gasteiger partial charge in [-0.25, -0.2) is 4.98 Å². The second-order valence-corrected chi connectivity index (χ2v) is 10.7. The number of hydrogen-bond acceptors (Lipinski definition) is 4. The quantitative estimate of drug-likeness (QED) is 0.349. The number of likely N-dealkylation sites (N-methyl/N-ethyl adjacent to an activating group) is 1. The van der Waals surface area contributed by atoms with Crippen LogP contribution in [0.2, 0.25) is 5.02 Å². The molecular weight excluding hydrogens is 468 g/mol. The maximum absolute atomic E-state index is 9.59. The molecule has 1 saturated heterocycles. The molecule has 5 nitrogen and oxygen atoms in total. The Labute approximate surface area is 217 Å². The summed E-state index contributed by atoms with van der Waals surface area (Å²) in [6.07, 6.45) is 5.66. The highest BCUT2D eigenvalue weighted by Gasteiger charge is 2.27. The highest BCUT2D eigenvalue weighted by molar-refractivity contribution is 6.37. The lowest BCUT2D eigenvalue weighted by molar-refractivity contribution is 0.280. The van der Waals surface area contributed by atoms with Crippen LogP contribution in [0, 0.1) is 5.92 Å². The number of nitrogens with zero attached hydrogens (tertiary/aromatic N) is 4. The van der Waals surface area contributed by atoms with Gasteiger partial charge in [-0.05, 0) is 60.7 Å². The molecule has 1 aliphatic heterocycles. The molecule has 0 unspecified atom stereocenters. The molecule has 4 aromatic rings. The van der Waals surface area contributed by atoms with E-state index in [4.69, 9.17) is 16.6 Å². The van der Waals surface area contributed by atoms with Crippen molar-refractivity contribution < 1.29 is 5.11 Å². The number of piperazine rings is 1. The van der Waals surface area contributed by atoms with Crippen LogP contribution in [0.1, 0.15) is 24.8 Å². The minimum atomic E-state index is 0.0344. The Morgan fingerprint density at radius 2 is 1.61 bits per heavy atom. The van der Waals surface area contributed by atoms with Crippen LogP contribution in [0.5, 0.6) is 0 Å². The molecule has 2 aliphatic rings. The van der Waals surface area contributed by atoms with Crippen LogP contribution in [0.4, 0.5) is 5.69 Å². The maximum atomic E-state index is 9.59. The number of aliphatic hydroxyl groups is 1. The van der Waals surface area contributed by atoms with Gasteiger partial charge >= 0.3 is 0 Å². The number of pyridine rings is 1. The fourth-order valence-corrected chi connectivity index (χ4v) is 5.82. The van der Waals surface area contributed by atoms with Gasteiger partial charge in [-0.15, -0.1) is 0 Å². The van der Waals surface area contributed by atoms with Crippen molar-refractivity contribution in [2.75, 3.05) is 38.1 Å². The van der Waals surface area contributed by atoms with Crippen LogP contribution in [-0.4, -0.2) is 52.8 Å². The van der Waals surface area contributed by atoms with E-state index in [1.807, 2.05) is 24.4 Å². The number of halogens is 1. The van der Waals surface area contributed by atoms with Gasteiger partial charge in [0.1, 0.15) is 5.65 Å². The fraction of sp³-hybridized carbons (Fsp3) is 0.367. The lowest BCUT2D eigenvalue weighted by atomic mass is 9.85. The molecule has 2 fully saturated rings. The lowest BCUT2D eigenvalue weighted by Crippen LogP contribution is -2.44. The largest absolute Gasteiger partial charge is 0.392 e. The van der Waals surface area contributed by atoms with Crippen molar-refractivity contribution in [3.63, 3.8) is 0 Å². The third-order valence-electron chi connectivity index (χ3n) is 7.99. The normalized spacial score (nSPS) is 17.0. The van der Waals surface area contributed by atoms with Crippen LogP contribution in [0.3, 0.4) is 0 Å². The average molecular weight is 501 g/mol. The zero-order valence-corrected chi connectivity index (χ0v) is 21.6. The summed E-state index contributed by atoms with van der Waals surface area (Å²) < 4.78 is 2.41. The first-order valence-electron chi connectivity index (χ1n) is 13.0. The molecule has 2 aromatic heterocycles. The molecule has 6 rings (SSSR count). The van der Waals surface area contributed by atoms with Gasteiger partial charge < -0.3 is 19.5 Å². The Bertz CT molecular complexity index is 1350. The lowest BCUT2D eigenvalue weighted by Gasteiger charge is -2.34. The van der Waals surface area contributed by atoms with Crippen molar-refractivity contribution in [3.05, 3.63) is 71.4 Å². The summed E-state index contributed by atoms with van der Waals surface area (Å²) in [5, 5.41) is 11.3. The SMILES string of the molecule is CN1CCN(c2ccc(-c3c(-c4ccc(CO)cc4)c4c(Cl)ccnc4n3CC3CCC3)cc2)CC1. The maximum Gasteiger partial charge on any atom is 0.142 e. The Kier molecular flexibility index (Phi) is 6.46. The van der Waals surface area contributed by atoms with Gasteiger partial charge in [-0.3, -0.25) is 0 Å². The van der Waals surface area contributed by atoms with E-state index in [1.165, 1.54) is 36.2 Å². The van der Waals surface area contributed by atoms with Crippen molar-refractivity contribution in [3.8, 4) is 22.4 Å². The summed E-state index contributed by atoms with van der Waals surface area (Å²) in [5.74, 6) is 0.675. The van der Waals surface area contributed by atoms with Gasteiger partial charge in [0.15, 0.2) is 0 Å². The first-order valence-corrected chi connectivity index (χ1v) is 13.4. The number of hydrogen-bond donors (Lipinski definition) is 1. The van der Waals surface area contributed by atoms with Gasteiger partial charge in [0.2, 0.25) is 0 Å². The molecule has 0 radical (unpaired) electrons. The second-order valence-electron chi connectivity index (χ2n) is 10.3. The van der Waals surface area contributed by atoms with Gasteiger partial charge in [0.25, 0.3) is 0 Å². The topological polar surface area (TPSA) is 44.5 Å². The molecule has 186 valence electrons. The molecule has 0 spiro atoms. The smallest absolute Gasteiger partial charge is 0.142 e. The number of fused-ring (bicyclic) bond motifs is 1. The van der Waals surface area contributed by atoms with E-state index < -0.39 is 0 Å². The second kappa shape index (κ2) is 9.89. The number of benzene rings is 2. The average Bonchev–Trinajstić information content (AvgIpc) is 3.22. The molecule has 0 atom stereocenters. The van der Waals surface area contributed by atoms with Crippen LogP contribution >= 0.6 is 11.6 Å². The first-order chi connectivity index (χ1) is 17.6. The van der Waals surface area contributed by atoms with Gasteiger partial charge in [0, 0.05) is 55.6 Å². The van der Waals surface area contributed by atoms with Crippen molar-refractivity contribution in [1.29, 1.82) is 0 Å². The summed E-state index contributed by atoms with van der Waals surface area (Å²) >= 11 is 6.86. The van der Waals surface area contributed by atoms with Crippen molar-refractivity contribution in [2.24, 2.45) is 5.92 Å². The van der Waals surface area contributed by atoms with Crippen molar-refractivity contribution in [1.82, 2.24) is 14.5 Å². The molecular formula is C30H33ClN4O. The minimum Gasteiger partial charge on any atom is -0.392 e. The molecule has 3 heterocycles. The van der Waals surface area contributed by atoms with Crippen LogP contribution < -0.4 is 4.90 Å². The van der Waals surface area contributed by atoms with E-state index in [-0.39, 0.29) is 6.61 Å². The molecule has 2 aromatic carbocycles. The minimum absolute atomic E-state index is 0.0344. The van der Waals surface area contributed by atoms with E-state index in [9.17, 15) is 5.11 Å². The van der Waals surface area contributed by atoms with Crippen LogP contribution in [-0.2, 0) is 13.2 Å². The van der Waals surface area contributed by atoms with Crippen molar-refractivity contribution in [2.45, 2.75) is 32.4 Å². The Morgan fingerprint density at radius 1 is 0.917 bits per heavy atom. The zero-order valence-electron chi connectivity index (χ0n) is 20.8. The van der Waals surface area contributed by atoms with Gasteiger partial charge in [0.05, 0.1) is 17.3 Å². The Hall–Kier alpha value is -2.86. The predicted octanol–water partition coefficient (Wildman–Crippen LogP) is 6.07. The van der Waals surface area contributed by atoms with Crippen LogP contribution in [0.25, 0.3) is 33.4 Å². The monoisotopic (exact) mass is 500 g/mol. The number of aromatic nitrogens is 2. The Balaban J connectivity index is 1.51. The van der Waals surface area contributed by atoms with E-state index in [2.05, 4.69) is 57.8 Å². The fourth-order valence-electron chi connectivity index (χ4n) is 5.59. The highest BCUT2D eigenvalue weighted by Crippen LogP contribution is 2.44. The number of rotatable bonds is 6. The van der Waals surface area contributed by atoms with E-state index in [1.54, 1.807) is 0 Å². The summed E-state index contributed by atoms with van der Waals surface area (Å²) in [6.45, 7) is 5.28. The molecule has 1 aliphatic carbocycles. The van der Waals surface area contributed by atoms with E-state index in [0.29, 0.717) is 5.92 Å². The van der Waals surface area contributed by atoms with E-state index >= 15 is 0 Å². The number of anilines is 1. The number of aliphatic hydroxyl groups excluding tert-OH is 1. The van der Waals surface area contributed by atoms with Gasteiger partial charge in [-0.1, -0.05) is 54.4 Å². The molecule has 6 heteroatoms. The molecule has 1 N–H and O–H groups in total. The molecule has 0 amide bonds. The summed E-state index contributed by atoms with van der Waals surface area (Å²) in [5.41, 5.74) is 7.71. The Morgan fingerprint density at radius 3 is 2.25 bits per heavy atom. The summed E-state index contributed by atoms with van der Waals surface area (Å²) in [7, 11) is 2.19. The highest BCUT2D eigenvalue weighted by atomic mass is 35.5.